The van der Waals surface area contributed by atoms with Gasteiger partial charge >= 0.3 is 24.4 Å². The van der Waals surface area contributed by atoms with E-state index in [1.807, 2.05) is 0 Å². The maximum Gasteiger partial charge on any atom is 0.416 e. The number of nitrogens with one attached hydrogen (secondary N) is 1. The van der Waals surface area contributed by atoms with E-state index in [1.165, 1.54) is 11.8 Å². The molecule has 2 heterocycles. The van der Waals surface area contributed by atoms with E-state index in [0.29, 0.717) is 37.0 Å². The summed E-state index contributed by atoms with van der Waals surface area (Å²) in [6.07, 6.45) is -10.7. The number of nitrogens with two attached hydrogens (primary N) is 1. The number of hydrogen-bond acceptors (Lipinski definition) is 7. The van der Waals surface area contributed by atoms with Crippen molar-refractivity contribution in [3.8, 4) is 0 Å². The van der Waals surface area contributed by atoms with Gasteiger partial charge < -0.3 is 25.3 Å². The highest BCUT2D eigenvalue weighted by molar-refractivity contribution is 5.80. The Labute approximate surface area is 261 Å². The highest BCUT2D eigenvalue weighted by Gasteiger charge is 2.54. The fourth-order valence-corrected chi connectivity index (χ4v) is 5.83. The number of benzene rings is 2. The molecule has 46 heavy (non-hydrogen) atoms. The maximum absolute atomic E-state index is 13.7. The molecule has 2 aromatic rings. The first-order valence-electron chi connectivity index (χ1n) is 14.7. The molecule has 0 saturated carbocycles. The van der Waals surface area contributed by atoms with Crippen molar-refractivity contribution < 1.29 is 54.9 Å². The summed E-state index contributed by atoms with van der Waals surface area (Å²) in [5, 5.41) is 2.93. The van der Waals surface area contributed by atoms with Gasteiger partial charge in [-0.05, 0) is 68.5 Å². The summed E-state index contributed by atoms with van der Waals surface area (Å²) in [7, 11) is 0. The Bertz CT molecular complexity index is 1370. The van der Waals surface area contributed by atoms with Gasteiger partial charge in [0, 0.05) is 19.4 Å². The van der Waals surface area contributed by atoms with Crippen molar-refractivity contribution in [3.05, 3.63) is 70.8 Å². The minimum atomic E-state index is -5.04. The molecule has 4 rings (SSSR count). The number of ether oxygens (including phenoxy) is 3. The van der Waals surface area contributed by atoms with Crippen molar-refractivity contribution in [2.24, 2.45) is 5.73 Å². The molecule has 0 bridgehead atoms. The number of piperidine rings is 1. The summed E-state index contributed by atoms with van der Waals surface area (Å²) in [5.74, 6) is -0.841. The second kappa shape index (κ2) is 13.9. The van der Waals surface area contributed by atoms with Crippen molar-refractivity contribution in [3.63, 3.8) is 0 Å². The maximum atomic E-state index is 13.7. The Balaban J connectivity index is 1.67. The number of carbonyl (C=O) groups is 3. The summed E-state index contributed by atoms with van der Waals surface area (Å²) >= 11 is 0. The number of likely N-dealkylation sites (tertiary alicyclic amines) is 1. The topological polar surface area (TPSA) is 120 Å². The van der Waals surface area contributed by atoms with E-state index in [9.17, 15) is 40.7 Å². The Morgan fingerprint density at radius 2 is 1.63 bits per heavy atom. The van der Waals surface area contributed by atoms with Gasteiger partial charge in [0.25, 0.3) is 0 Å². The predicted octanol–water partition coefficient (Wildman–Crippen LogP) is 5.82. The van der Waals surface area contributed by atoms with Crippen LogP contribution in [0.5, 0.6) is 0 Å². The summed E-state index contributed by atoms with van der Waals surface area (Å²) < 4.78 is 97.7. The van der Waals surface area contributed by atoms with Crippen LogP contribution in [0.15, 0.2) is 48.5 Å². The number of nitrogens with zero attached hydrogens (tertiary/aromatic N) is 1. The molecule has 0 radical (unpaired) electrons. The molecule has 1 spiro atoms. The second-order valence-corrected chi connectivity index (χ2v) is 11.5. The zero-order valence-electron chi connectivity index (χ0n) is 25.0. The molecule has 2 aliphatic rings. The van der Waals surface area contributed by atoms with Gasteiger partial charge in [-0.3, -0.25) is 14.5 Å². The van der Waals surface area contributed by atoms with Crippen molar-refractivity contribution in [1.82, 2.24) is 10.2 Å². The van der Waals surface area contributed by atoms with Gasteiger partial charge in [-0.1, -0.05) is 30.3 Å². The van der Waals surface area contributed by atoms with Gasteiger partial charge in [-0.2, -0.15) is 26.3 Å². The first-order valence-corrected chi connectivity index (χ1v) is 14.7. The number of amides is 2. The number of halogens is 6. The minimum Gasteiger partial charge on any atom is -0.428 e. The highest BCUT2D eigenvalue weighted by Crippen LogP contribution is 2.45. The van der Waals surface area contributed by atoms with Crippen LogP contribution in [0.1, 0.15) is 73.8 Å². The van der Waals surface area contributed by atoms with Crippen LogP contribution < -0.4 is 11.1 Å². The summed E-state index contributed by atoms with van der Waals surface area (Å²) in [6, 6.07) is 9.79. The van der Waals surface area contributed by atoms with Crippen molar-refractivity contribution in [2.75, 3.05) is 26.5 Å². The van der Waals surface area contributed by atoms with Crippen molar-refractivity contribution in [1.29, 1.82) is 0 Å². The Kier molecular flexibility index (Phi) is 10.6. The molecule has 0 aliphatic carbocycles. The van der Waals surface area contributed by atoms with Crippen molar-refractivity contribution in [2.45, 2.75) is 75.0 Å². The lowest BCUT2D eigenvalue weighted by Crippen LogP contribution is -2.65. The molecule has 15 heteroatoms. The molecule has 2 amide bonds. The van der Waals surface area contributed by atoms with Crippen LogP contribution in [0.25, 0.3) is 0 Å². The van der Waals surface area contributed by atoms with E-state index < -0.39 is 59.5 Å². The van der Waals surface area contributed by atoms with Gasteiger partial charge in [0.1, 0.15) is 0 Å². The minimum absolute atomic E-state index is 0.0121. The van der Waals surface area contributed by atoms with Gasteiger partial charge in [0.15, 0.2) is 0 Å². The third-order valence-corrected chi connectivity index (χ3v) is 8.40. The molecule has 252 valence electrons. The monoisotopic (exact) mass is 659 g/mol. The molecule has 2 aromatic carbocycles. The lowest BCUT2D eigenvalue weighted by atomic mass is 9.74. The summed E-state index contributed by atoms with van der Waals surface area (Å²) in [6.45, 7) is 0.453. The molecule has 0 unspecified atom stereocenters. The Morgan fingerprint density at radius 1 is 0.978 bits per heavy atom. The molecule has 0 aromatic heterocycles. The third kappa shape index (κ3) is 8.10. The lowest BCUT2D eigenvalue weighted by Gasteiger charge is -2.52. The van der Waals surface area contributed by atoms with Crippen LogP contribution in [-0.2, 0) is 41.7 Å². The van der Waals surface area contributed by atoms with Crippen LogP contribution in [0.4, 0.5) is 31.1 Å². The normalized spacial score (nSPS) is 22.4. The number of carbonyl (C=O) groups excluding carboxylic acids is 3. The van der Waals surface area contributed by atoms with E-state index in [4.69, 9.17) is 19.9 Å². The molecular weight excluding hydrogens is 624 g/mol. The first kappa shape index (κ1) is 35.0. The first-order chi connectivity index (χ1) is 21.6. The molecule has 2 saturated heterocycles. The number of hydrogen-bond donors (Lipinski definition) is 2. The average molecular weight is 660 g/mol. The molecule has 9 nitrogen and oxygen atoms in total. The summed E-state index contributed by atoms with van der Waals surface area (Å²) in [4.78, 5) is 39.2. The summed E-state index contributed by atoms with van der Waals surface area (Å²) in [5.41, 5.74) is 0.501. The number of rotatable bonds is 10. The molecule has 3 N–H and O–H groups in total. The highest BCUT2D eigenvalue weighted by atomic mass is 19.4. The smallest absolute Gasteiger partial charge is 0.416 e. The molecular formula is C31H35F6N3O6. The van der Waals surface area contributed by atoms with Crippen LogP contribution >= 0.6 is 0 Å². The SMILES string of the molecule is C[C@@H](OC[C@@]1(c2ccccc2)CC[C@]2(CCC(=O)N2)CN1C(=O)OCOC(=O)CCCN)c1cc(C(F)(F)F)cc(C(F)(F)F)c1. The van der Waals surface area contributed by atoms with Gasteiger partial charge in [-0.15, -0.1) is 0 Å². The Morgan fingerprint density at radius 3 is 2.20 bits per heavy atom. The van der Waals surface area contributed by atoms with Gasteiger partial charge in [0.05, 0.1) is 34.9 Å². The standard InChI is InChI=1S/C31H35F6N3O6/c1-20(21-14-23(30(32,33)34)16-24(15-21)31(35,36)37)44-18-29(22-6-3-2-4-7-22)12-11-28(10-9-25(41)39-28)17-40(29)27(43)46-19-45-26(42)8-5-13-38/h2-4,6-7,14-16,20H,5,8-13,17-19,38H2,1H3,(H,39,41)/t20-,28-,29-/m1/s1. The predicted molar refractivity (Wildman–Crippen MR) is 151 cm³/mol. The van der Waals surface area contributed by atoms with Crippen molar-refractivity contribution >= 4 is 18.0 Å². The molecule has 2 fully saturated rings. The van der Waals surface area contributed by atoms with E-state index in [0.717, 1.165) is 0 Å². The van der Waals surface area contributed by atoms with E-state index >= 15 is 0 Å². The fourth-order valence-electron chi connectivity index (χ4n) is 5.83. The lowest BCUT2D eigenvalue weighted by molar-refractivity contribution is -0.154. The number of alkyl halides is 6. The van der Waals surface area contributed by atoms with E-state index in [2.05, 4.69) is 5.32 Å². The zero-order valence-corrected chi connectivity index (χ0v) is 25.0. The third-order valence-electron chi connectivity index (χ3n) is 8.40. The van der Waals surface area contributed by atoms with Crippen LogP contribution in [0, 0.1) is 0 Å². The fraction of sp³-hybridized carbons (Fsp3) is 0.516. The van der Waals surface area contributed by atoms with Crippen LogP contribution in [0.2, 0.25) is 0 Å². The largest absolute Gasteiger partial charge is 0.428 e. The molecule has 2 aliphatic heterocycles. The quantitative estimate of drug-likeness (QED) is 0.188. The second-order valence-electron chi connectivity index (χ2n) is 11.5. The van der Waals surface area contributed by atoms with Crippen LogP contribution in [-0.4, -0.2) is 54.9 Å². The zero-order chi connectivity index (χ0) is 33.8. The average Bonchev–Trinajstić information content (AvgIpc) is 3.38. The van der Waals surface area contributed by atoms with E-state index in [1.54, 1.807) is 30.3 Å². The van der Waals surface area contributed by atoms with Gasteiger partial charge in [-0.25, -0.2) is 4.79 Å². The van der Waals surface area contributed by atoms with E-state index in [-0.39, 0.29) is 56.5 Å². The van der Waals surface area contributed by atoms with Crippen LogP contribution in [0.3, 0.4) is 0 Å². The molecule has 3 atom stereocenters. The number of esters is 1. The Hall–Kier alpha value is -3.85. The van der Waals surface area contributed by atoms with Gasteiger partial charge in [0.2, 0.25) is 12.7 Å².